The van der Waals surface area contributed by atoms with Crippen molar-refractivity contribution in [2.75, 3.05) is 13.1 Å². The highest BCUT2D eigenvalue weighted by molar-refractivity contribution is 5.80. The number of guanidine groups is 1. The van der Waals surface area contributed by atoms with Gasteiger partial charge in [0.25, 0.3) is 0 Å². The van der Waals surface area contributed by atoms with Crippen molar-refractivity contribution < 1.29 is 4.52 Å². The van der Waals surface area contributed by atoms with Crippen LogP contribution in [0.4, 0.5) is 0 Å². The first kappa shape index (κ1) is 18.5. The molecule has 0 aliphatic carbocycles. The number of rotatable bonds is 6. The molecule has 0 amide bonds. The third-order valence-corrected chi connectivity index (χ3v) is 4.82. The van der Waals surface area contributed by atoms with Gasteiger partial charge in [-0.15, -0.1) is 0 Å². The Labute approximate surface area is 155 Å². The molecule has 26 heavy (non-hydrogen) atoms. The summed E-state index contributed by atoms with van der Waals surface area (Å²) in [5, 5.41) is 10.8. The van der Waals surface area contributed by atoms with Crippen LogP contribution in [0.25, 0.3) is 0 Å². The Hall–Kier alpha value is -2.34. The van der Waals surface area contributed by atoms with Crippen molar-refractivity contribution in [2.24, 2.45) is 4.99 Å². The molecule has 2 unspecified atom stereocenters. The maximum atomic E-state index is 4.87. The molecule has 0 bridgehead atoms. The van der Waals surface area contributed by atoms with Gasteiger partial charge in [0.1, 0.15) is 12.0 Å². The molecule has 1 fully saturated rings. The predicted octanol–water partition coefficient (Wildman–Crippen LogP) is 2.78. The van der Waals surface area contributed by atoms with E-state index in [1.165, 1.54) is 5.56 Å². The Kier molecular flexibility index (Phi) is 6.66. The predicted molar refractivity (Wildman–Crippen MR) is 104 cm³/mol. The lowest BCUT2D eigenvalue weighted by molar-refractivity contribution is 0.134. The van der Waals surface area contributed by atoms with Gasteiger partial charge >= 0.3 is 0 Å². The average Bonchev–Trinajstić information content (AvgIpc) is 3.17. The number of likely N-dealkylation sites (tertiary alicyclic amines) is 1. The van der Waals surface area contributed by atoms with Crippen LogP contribution in [0.3, 0.4) is 0 Å². The number of aromatic nitrogens is 1. The van der Waals surface area contributed by atoms with Gasteiger partial charge in [0.15, 0.2) is 5.96 Å². The van der Waals surface area contributed by atoms with Gasteiger partial charge in [0.2, 0.25) is 0 Å². The van der Waals surface area contributed by atoms with Gasteiger partial charge in [-0.2, -0.15) is 0 Å². The first-order valence-corrected chi connectivity index (χ1v) is 9.46. The van der Waals surface area contributed by atoms with Gasteiger partial charge in [-0.25, -0.2) is 4.99 Å². The van der Waals surface area contributed by atoms with E-state index in [0.717, 1.165) is 44.1 Å². The molecule has 6 heteroatoms. The first-order chi connectivity index (χ1) is 12.7. The fourth-order valence-corrected chi connectivity index (χ4v) is 3.40. The Morgan fingerprint density at radius 1 is 1.31 bits per heavy atom. The lowest BCUT2D eigenvalue weighted by Gasteiger charge is -2.38. The number of hydrogen-bond donors (Lipinski definition) is 2. The van der Waals surface area contributed by atoms with Crippen molar-refractivity contribution in [1.82, 2.24) is 20.7 Å². The van der Waals surface area contributed by atoms with E-state index < -0.39 is 0 Å². The van der Waals surface area contributed by atoms with E-state index >= 15 is 0 Å². The molecule has 140 valence electrons. The zero-order valence-corrected chi connectivity index (χ0v) is 15.7. The van der Waals surface area contributed by atoms with E-state index in [1.54, 1.807) is 6.26 Å². The molecule has 0 radical (unpaired) electrons. The van der Waals surface area contributed by atoms with Crippen LogP contribution in [0.5, 0.6) is 0 Å². The smallest absolute Gasteiger partial charge is 0.191 e. The Balaban J connectivity index is 1.52. The maximum absolute atomic E-state index is 4.87. The Bertz CT molecular complexity index is 671. The van der Waals surface area contributed by atoms with Gasteiger partial charge in [-0.05, 0) is 32.3 Å². The number of hydrogen-bond acceptors (Lipinski definition) is 4. The Morgan fingerprint density at radius 2 is 2.15 bits per heavy atom. The number of benzene rings is 1. The lowest BCUT2D eigenvalue weighted by Crippen LogP contribution is -2.51. The van der Waals surface area contributed by atoms with Crippen LogP contribution in [0.1, 0.15) is 37.9 Å². The van der Waals surface area contributed by atoms with Crippen molar-refractivity contribution in [1.29, 1.82) is 0 Å². The van der Waals surface area contributed by atoms with Gasteiger partial charge in [-0.3, -0.25) is 4.90 Å². The molecule has 1 aliphatic heterocycles. The van der Waals surface area contributed by atoms with E-state index in [4.69, 9.17) is 4.52 Å². The second kappa shape index (κ2) is 9.38. The van der Waals surface area contributed by atoms with Crippen molar-refractivity contribution in [3.8, 4) is 0 Å². The Morgan fingerprint density at radius 3 is 2.85 bits per heavy atom. The second-order valence-corrected chi connectivity index (χ2v) is 6.86. The molecular weight excluding hydrogens is 326 g/mol. The van der Waals surface area contributed by atoms with Crippen molar-refractivity contribution in [3.63, 3.8) is 0 Å². The summed E-state index contributed by atoms with van der Waals surface area (Å²) in [6, 6.07) is 13.5. The van der Waals surface area contributed by atoms with Crippen molar-refractivity contribution in [3.05, 3.63) is 53.9 Å². The van der Waals surface area contributed by atoms with Crippen LogP contribution < -0.4 is 10.6 Å². The number of nitrogens with zero attached hydrogens (tertiary/aromatic N) is 3. The number of piperidine rings is 1. The summed E-state index contributed by atoms with van der Waals surface area (Å²) >= 11 is 0. The number of nitrogens with one attached hydrogen (secondary N) is 2. The average molecular weight is 355 g/mol. The molecule has 1 aliphatic rings. The maximum Gasteiger partial charge on any atom is 0.191 e. The molecule has 2 aromatic rings. The van der Waals surface area contributed by atoms with E-state index in [-0.39, 0.29) is 0 Å². The largest absolute Gasteiger partial charge is 0.364 e. The highest BCUT2D eigenvalue weighted by atomic mass is 16.5. The van der Waals surface area contributed by atoms with Gasteiger partial charge in [0, 0.05) is 37.8 Å². The molecule has 2 atom stereocenters. The van der Waals surface area contributed by atoms with Gasteiger partial charge in [0.05, 0.1) is 6.54 Å². The van der Waals surface area contributed by atoms with Crippen molar-refractivity contribution in [2.45, 2.75) is 51.9 Å². The summed E-state index contributed by atoms with van der Waals surface area (Å²) in [5.74, 6) is 0.851. The summed E-state index contributed by atoms with van der Waals surface area (Å²) in [5.41, 5.74) is 2.22. The molecule has 2 N–H and O–H groups in total. The van der Waals surface area contributed by atoms with E-state index in [1.807, 2.05) is 6.07 Å². The number of aliphatic imine (C=N–C) groups is 1. The van der Waals surface area contributed by atoms with E-state index in [2.05, 4.69) is 69.9 Å². The minimum Gasteiger partial charge on any atom is -0.364 e. The van der Waals surface area contributed by atoms with Crippen LogP contribution in [0.15, 0.2) is 52.2 Å². The second-order valence-electron chi connectivity index (χ2n) is 6.86. The minimum atomic E-state index is 0.437. The molecule has 1 aromatic heterocycles. The molecule has 3 rings (SSSR count). The van der Waals surface area contributed by atoms with Crippen LogP contribution >= 0.6 is 0 Å². The third-order valence-electron chi connectivity index (χ3n) is 4.82. The quantitative estimate of drug-likeness (QED) is 0.616. The summed E-state index contributed by atoms with van der Waals surface area (Å²) in [6.07, 6.45) is 3.81. The zero-order chi connectivity index (χ0) is 18.2. The van der Waals surface area contributed by atoms with Gasteiger partial charge in [-0.1, -0.05) is 35.5 Å². The monoisotopic (exact) mass is 355 g/mol. The lowest BCUT2D eigenvalue weighted by atomic mass is 9.97. The molecule has 1 aromatic carbocycles. The molecule has 0 spiro atoms. The van der Waals surface area contributed by atoms with E-state index in [0.29, 0.717) is 18.6 Å². The summed E-state index contributed by atoms with van der Waals surface area (Å²) in [7, 11) is 0. The molecule has 6 nitrogen and oxygen atoms in total. The SMILES string of the molecule is CCNC(=NCc1ccon1)NC1CCN(Cc2ccccc2)C(C)C1. The standard InChI is InChI=1S/C20H29N5O/c1-3-21-20(22-14-19-10-12-26-24-19)23-18-9-11-25(16(2)13-18)15-17-7-5-4-6-8-17/h4-8,10,12,16,18H,3,9,11,13-15H2,1-2H3,(H2,21,22,23). The highest BCUT2D eigenvalue weighted by Crippen LogP contribution is 2.20. The third kappa shape index (κ3) is 5.33. The summed E-state index contributed by atoms with van der Waals surface area (Å²) in [6.45, 7) is 7.88. The van der Waals surface area contributed by atoms with Gasteiger partial charge < -0.3 is 15.2 Å². The molecular formula is C20H29N5O. The molecule has 0 saturated carbocycles. The van der Waals surface area contributed by atoms with Crippen LogP contribution in [0, 0.1) is 0 Å². The van der Waals surface area contributed by atoms with Crippen LogP contribution in [-0.4, -0.2) is 41.2 Å². The first-order valence-electron chi connectivity index (χ1n) is 9.46. The van der Waals surface area contributed by atoms with Crippen LogP contribution in [0.2, 0.25) is 0 Å². The van der Waals surface area contributed by atoms with Crippen LogP contribution in [-0.2, 0) is 13.1 Å². The fourth-order valence-electron chi connectivity index (χ4n) is 3.40. The molecule has 2 heterocycles. The zero-order valence-electron chi connectivity index (χ0n) is 15.7. The topological polar surface area (TPSA) is 65.7 Å². The summed E-state index contributed by atoms with van der Waals surface area (Å²) in [4.78, 5) is 7.18. The van der Waals surface area contributed by atoms with E-state index in [9.17, 15) is 0 Å². The van der Waals surface area contributed by atoms with Crippen molar-refractivity contribution >= 4 is 5.96 Å². The molecule has 1 saturated heterocycles. The normalized spacial score (nSPS) is 21.5. The summed E-state index contributed by atoms with van der Waals surface area (Å²) < 4.78 is 4.87. The fraction of sp³-hybridized carbons (Fsp3) is 0.500. The highest BCUT2D eigenvalue weighted by Gasteiger charge is 2.25. The minimum absolute atomic E-state index is 0.437.